The Morgan fingerprint density at radius 1 is 1.07 bits per heavy atom. The number of carbonyl (C=O) groups is 1. The van der Waals surface area contributed by atoms with Crippen LogP contribution in [-0.4, -0.2) is 26.0 Å². The first-order valence-corrected chi connectivity index (χ1v) is 9.66. The highest BCUT2D eigenvalue weighted by atomic mass is 35.5. The third kappa shape index (κ3) is 4.30. The van der Waals surface area contributed by atoms with E-state index in [0.717, 1.165) is 5.56 Å². The molecule has 150 valence electrons. The second kappa shape index (κ2) is 8.18. The highest BCUT2D eigenvalue weighted by Crippen LogP contribution is 2.27. The fourth-order valence-electron chi connectivity index (χ4n) is 2.83. The molecule has 0 aliphatic rings. The van der Waals surface area contributed by atoms with Gasteiger partial charge in [0, 0.05) is 5.02 Å². The third-order valence-corrected chi connectivity index (χ3v) is 4.94. The maximum absolute atomic E-state index is 11.3. The maximum atomic E-state index is 11.3. The van der Waals surface area contributed by atoms with Crippen LogP contribution in [0.15, 0.2) is 48.5 Å². The van der Waals surface area contributed by atoms with E-state index in [4.69, 9.17) is 27.9 Å². The molecule has 0 amide bonds. The molecular formula is C22H15Cl2N3O3. The largest absolute Gasteiger partial charge is 0.478 e. The predicted octanol–water partition coefficient (Wildman–Crippen LogP) is 6.23. The SMILES string of the molecule is Cc1ccc(Oc2nc3nc(C=Cc4ccc(Cl)cc4)c(Cl)cc3[nH]2)cc1C(=O)O. The zero-order chi connectivity index (χ0) is 21.3. The van der Waals surface area contributed by atoms with Crippen LogP contribution in [-0.2, 0) is 0 Å². The van der Waals surface area contributed by atoms with Crippen molar-refractivity contribution in [3.8, 4) is 11.8 Å². The molecule has 2 aromatic heterocycles. The number of rotatable bonds is 5. The number of ether oxygens (including phenoxy) is 1. The van der Waals surface area contributed by atoms with E-state index in [-0.39, 0.29) is 11.6 Å². The van der Waals surface area contributed by atoms with Gasteiger partial charge in [-0.3, -0.25) is 0 Å². The van der Waals surface area contributed by atoms with Gasteiger partial charge in [-0.05, 0) is 54.5 Å². The molecule has 2 N–H and O–H groups in total. The molecule has 0 fully saturated rings. The summed E-state index contributed by atoms with van der Waals surface area (Å²) in [6.07, 6.45) is 3.67. The van der Waals surface area contributed by atoms with E-state index in [9.17, 15) is 9.90 Å². The zero-order valence-corrected chi connectivity index (χ0v) is 17.2. The van der Waals surface area contributed by atoms with Crippen LogP contribution >= 0.6 is 23.2 Å². The molecule has 0 aliphatic heterocycles. The number of fused-ring (bicyclic) bond motifs is 1. The first-order valence-electron chi connectivity index (χ1n) is 8.91. The topological polar surface area (TPSA) is 88.1 Å². The van der Waals surface area contributed by atoms with Crippen molar-refractivity contribution in [1.29, 1.82) is 0 Å². The Bertz CT molecular complexity index is 1280. The van der Waals surface area contributed by atoms with Gasteiger partial charge in [0.2, 0.25) is 0 Å². The molecule has 8 heteroatoms. The number of aromatic carboxylic acids is 1. The Morgan fingerprint density at radius 2 is 1.83 bits per heavy atom. The number of halogens is 2. The quantitative estimate of drug-likeness (QED) is 0.384. The number of aromatic nitrogens is 3. The van der Waals surface area contributed by atoms with Gasteiger partial charge in [0.25, 0.3) is 0 Å². The number of carboxylic acids is 1. The van der Waals surface area contributed by atoms with Gasteiger partial charge < -0.3 is 14.8 Å². The Morgan fingerprint density at radius 3 is 2.57 bits per heavy atom. The lowest BCUT2D eigenvalue weighted by atomic mass is 10.1. The number of carboxylic acid groups (broad SMARTS) is 1. The number of H-pyrrole nitrogens is 1. The fourth-order valence-corrected chi connectivity index (χ4v) is 3.17. The highest BCUT2D eigenvalue weighted by molar-refractivity contribution is 6.32. The van der Waals surface area contributed by atoms with Gasteiger partial charge in [-0.25, -0.2) is 9.78 Å². The lowest BCUT2D eigenvalue weighted by Crippen LogP contribution is -2.00. The lowest BCUT2D eigenvalue weighted by molar-refractivity contribution is 0.0695. The zero-order valence-electron chi connectivity index (χ0n) is 15.7. The summed E-state index contributed by atoms with van der Waals surface area (Å²) in [5, 5.41) is 10.4. The van der Waals surface area contributed by atoms with Gasteiger partial charge in [0.15, 0.2) is 5.65 Å². The summed E-state index contributed by atoms with van der Waals surface area (Å²) in [4.78, 5) is 23.1. The van der Waals surface area contributed by atoms with Gasteiger partial charge in [0.1, 0.15) is 5.75 Å². The summed E-state index contributed by atoms with van der Waals surface area (Å²) in [5.41, 5.74) is 3.35. The summed E-state index contributed by atoms with van der Waals surface area (Å²) >= 11 is 12.2. The number of nitrogens with one attached hydrogen (secondary N) is 1. The van der Waals surface area contributed by atoms with Crippen LogP contribution in [0.4, 0.5) is 0 Å². The van der Waals surface area contributed by atoms with E-state index < -0.39 is 5.97 Å². The Kier molecular flexibility index (Phi) is 5.44. The number of aryl methyl sites for hydroxylation is 1. The van der Waals surface area contributed by atoms with E-state index in [2.05, 4.69) is 15.0 Å². The summed E-state index contributed by atoms with van der Waals surface area (Å²) in [5.74, 6) is -0.667. The van der Waals surface area contributed by atoms with Crippen molar-refractivity contribution in [2.24, 2.45) is 0 Å². The molecule has 4 rings (SSSR count). The second-order valence-corrected chi connectivity index (χ2v) is 7.38. The minimum absolute atomic E-state index is 0.166. The predicted molar refractivity (Wildman–Crippen MR) is 117 cm³/mol. The average Bonchev–Trinajstić information content (AvgIpc) is 3.09. The first kappa shape index (κ1) is 19.9. The number of hydrogen-bond acceptors (Lipinski definition) is 4. The molecule has 2 heterocycles. The van der Waals surface area contributed by atoms with Crippen molar-refractivity contribution in [2.75, 3.05) is 0 Å². The molecule has 0 saturated carbocycles. The van der Waals surface area contributed by atoms with Gasteiger partial charge >= 0.3 is 12.0 Å². The monoisotopic (exact) mass is 439 g/mol. The molecule has 4 aromatic rings. The molecule has 0 bridgehead atoms. The van der Waals surface area contributed by atoms with Crippen LogP contribution in [0.1, 0.15) is 27.2 Å². The van der Waals surface area contributed by atoms with Crippen molar-refractivity contribution >= 4 is 52.5 Å². The molecule has 0 unspecified atom stereocenters. The number of aromatic amines is 1. The van der Waals surface area contributed by atoms with Crippen molar-refractivity contribution < 1.29 is 14.6 Å². The number of imidazole rings is 1. The summed E-state index contributed by atoms with van der Waals surface area (Å²) in [7, 11) is 0. The molecular weight excluding hydrogens is 425 g/mol. The van der Waals surface area contributed by atoms with E-state index in [1.54, 1.807) is 43.3 Å². The standard InChI is InChI=1S/C22H15Cl2N3O3/c1-12-2-8-15(10-16(12)21(28)29)30-22-26-19-11-17(24)18(25-20(19)27-22)9-5-13-3-6-14(23)7-4-13/h2-11H,1H3,(H,28,29)(H,25,26,27). The third-order valence-electron chi connectivity index (χ3n) is 4.39. The summed E-state index contributed by atoms with van der Waals surface area (Å²) in [6, 6.07) is 14.1. The van der Waals surface area contributed by atoms with Crippen LogP contribution in [0.25, 0.3) is 23.3 Å². The number of benzene rings is 2. The Balaban J connectivity index is 1.61. The smallest absolute Gasteiger partial charge is 0.336 e. The molecule has 0 spiro atoms. The molecule has 30 heavy (non-hydrogen) atoms. The van der Waals surface area contributed by atoms with Gasteiger partial charge in [-0.2, -0.15) is 4.98 Å². The van der Waals surface area contributed by atoms with E-state index in [0.29, 0.717) is 38.2 Å². The first-order chi connectivity index (χ1) is 14.4. The van der Waals surface area contributed by atoms with Gasteiger partial charge in [0.05, 0.1) is 21.8 Å². The van der Waals surface area contributed by atoms with Crippen LogP contribution in [0.3, 0.4) is 0 Å². The highest BCUT2D eigenvalue weighted by Gasteiger charge is 2.12. The minimum Gasteiger partial charge on any atom is -0.478 e. The van der Waals surface area contributed by atoms with Crippen molar-refractivity contribution in [3.63, 3.8) is 0 Å². The van der Waals surface area contributed by atoms with Crippen molar-refractivity contribution in [2.45, 2.75) is 6.92 Å². The van der Waals surface area contributed by atoms with Gasteiger partial charge in [-0.15, -0.1) is 0 Å². The van der Waals surface area contributed by atoms with Crippen LogP contribution in [0, 0.1) is 6.92 Å². The Labute approximate surface area is 181 Å². The van der Waals surface area contributed by atoms with Crippen LogP contribution < -0.4 is 4.74 Å². The van der Waals surface area contributed by atoms with E-state index in [1.807, 2.05) is 18.2 Å². The molecule has 0 aliphatic carbocycles. The van der Waals surface area contributed by atoms with Crippen LogP contribution in [0.5, 0.6) is 11.8 Å². The minimum atomic E-state index is -1.02. The maximum Gasteiger partial charge on any atom is 0.336 e. The molecule has 6 nitrogen and oxygen atoms in total. The Hall–Kier alpha value is -3.35. The fraction of sp³-hybridized carbons (Fsp3) is 0.0455. The van der Waals surface area contributed by atoms with E-state index >= 15 is 0 Å². The van der Waals surface area contributed by atoms with Gasteiger partial charge in [-0.1, -0.05) is 47.5 Å². The number of pyridine rings is 1. The molecule has 0 atom stereocenters. The summed E-state index contributed by atoms with van der Waals surface area (Å²) < 4.78 is 5.69. The lowest BCUT2D eigenvalue weighted by Gasteiger charge is -2.05. The number of nitrogens with zero attached hydrogens (tertiary/aromatic N) is 2. The summed E-state index contributed by atoms with van der Waals surface area (Å²) in [6.45, 7) is 1.72. The van der Waals surface area contributed by atoms with Crippen molar-refractivity contribution in [3.05, 3.63) is 81.0 Å². The molecule has 0 saturated heterocycles. The van der Waals surface area contributed by atoms with E-state index in [1.165, 1.54) is 6.07 Å². The molecule has 2 aromatic carbocycles. The number of hydrogen-bond donors (Lipinski definition) is 2. The normalized spacial score (nSPS) is 11.3. The van der Waals surface area contributed by atoms with Crippen molar-refractivity contribution in [1.82, 2.24) is 15.0 Å². The second-order valence-electron chi connectivity index (χ2n) is 6.54. The molecule has 0 radical (unpaired) electrons. The average molecular weight is 440 g/mol. The van der Waals surface area contributed by atoms with Crippen LogP contribution in [0.2, 0.25) is 10.0 Å².